The predicted molar refractivity (Wildman–Crippen MR) is 71.0 cm³/mol. The Bertz CT molecular complexity index is 291. The average molecular weight is 238 g/mol. The van der Waals surface area contributed by atoms with Gasteiger partial charge in [0, 0.05) is 17.5 Å². The molecular formula is C13H22N2S. The number of nitrogens with zero attached hydrogens (tertiary/aromatic N) is 1. The van der Waals surface area contributed by atoms with Crippen LogP contribution in [0.15, 0.2) is 17.5 Å². The van der Waals surface area contributed by atoms with E-state index in [0.29, 0.717) is 6.04 Å². The molecule has 90 valence electrons. The van der Waals surface area contributed by atoms with Crippen molar-refractivity contribution in [2.24, 2.45) is 5.92 Å². The minimum Gasteiger partial charge on any atom is -0.316 e. The minimum atomic E-state index is 0.557. The van der Waals surface area contributed by atoms with Crippen molar-refractivity contribution in [1.29, 1.82) is 0 Å². The number of hydrogen-bond donors (Lipinski definition) is 1. The van der Waals surface area contributed by atoms with E-state index in [4.69, 9.17) is 0 Å². The molecule has 1 fully saturated rings. The monoisotopic (exact) mass is 238 g/mol. The minimum absolute atomic E-state index is 0.557. The van der Waals surface area contributed by atoms with Crippen molar-refractivity contribution < 1.29 is 0 Å². The lowest BCUT2D eigenvalue weighted by Crippen LogP contribution is -2.37. The highest BCUT2D eigenvalue weighted by Crippen LogP contribution is 2.24. The fourth-order valence-corrected chi connectivity index (χ4v) is 3.24. The van der Waals surface area contributed by atoms with E-state index in [1.54, 1.807) is 0 Å². The fourth-order valence-electron chi connectivity index (χ4n) is 2.39. The van der Waals surface area contributed by atoms with E-state index >= 15 is 0 Å². The molecule has 0 saturated carbocycles. The molecule has 0 amide bonds. The van der Waals surface area contributed by atoms with Gasteiger partial charge in [-0.2, -0.15) is 0 Å². The lowest BCUT2D eigenvalue weighted by molar-refractivity contribution is 0.201. The summed E-state index contributed by atoms with van der Waals surface area (Å²) >= 11 is 1.86. The summed E-state index contributed by atoms with van der Waals surface area (Å²) in [5, 5.41) is 5.66. The zero-order valence-corrected chi connectivity index (χ0v) is 11.1. The van der Waals surface area contributed by atoms with Crippen LogP contribution in [0.3, 0.4) is 0 Å². The molecule has 1 N–H and O–H groups in total. The Morgan fingerprint density at radius 3 is 3.12 bits per heavy atom. The molecule has 1 aromatic rings. The molecule has 2 unspecified atom stereocenters. The first kappa shape index (κ1) is 12.1. The van der Waals surface area contributed by atoms with Crippen molar-refractivity contribution in [2.45, 2.75) is 25.8 Å². The molecule has 0 aliphatic carbocycles. The normalized spacial score (nSPS) is 23.6. The van der Waals surface area contributed by atoms with Crippen LogP contribution >= 0.6 is 11.3 Å². The Labute approximate surface area is 103 Å². The molecule has 2 heterocycles. The zero-order valence-electron chi connectivity index (χ0n) is 10.3. The SMILES string of the molecule is CC(c1cccs1)N(C)CC1CCCNC1. The molecule has 0 spiro atoms. The third kappa shape index (κ3) is 3.06. The second-order valence-electron chi connectivity index (χ2n) is 4.84. The van der Waals surface area contributed by atoms with Crippen molar-refractivity contribution >= 4 is 11.3 Å². The molecule has 0 bridgehead atoms. The van der Waals surface area contributed by atoms with Crippen molar-refractivity contribution in [3.05, 3.63) is 22.4 Å². The fraction of sp³-hybridized carbons (Fsp3) is 0.692. The molecule has 0 aromatic carbocycles. The third-order valence-electron chi connectivity index (χ3n) is 3.56. The number of piperidine rings is 1. The van der Waals surface area contributed by atoms with Crippen LogP contribution in [0, 0.1) is 5.92 Å². The molecule has 1 aliphatic heterocycles. The average Bonchev–Trinajstić information content (AvgIpc) is 2.83. The van der Waals surface area contributed by atoms with Gasteiger partial charge >= 0.3 is 0 Å². The van der Waals surface area contributed by atoms with Crippen molar-refractivity contribution in [2.75, 3.05) is 26.7 Å². The molecule has 16 heavy (non-hydrogen) atoms. The molecule has 1 aromatic heterocycles. The Morgan fingerprint density at radius 1 is 1.62 bits per heavy atom. The molecule has 1 aliphatic rings. The van der Waals surface area contributed by atoms with Crippen molar-refractivity contribution in [3.8, 4) is 0 Å². The second kappa shape index (κ2) is 5.80. The number of rotatable bonds is 4. The van der Waals surface area contributed by atoms with Crippen molar-refractivity contribution in [3.63, 3.8) is 0 Å². The van der Waals surface area contributed by atoms with Crippen LogP contribution in [0.1, 0.15) is 30.7 Å². The van der Waals surface area contributed by atoms with Gasteiger partial charge in [0.2, 0.25) is 0 Å². The summed E-state index contributed by atoms with van der Waals surface area (Å²) in [6, 6.07) is 4.94. The van der Waals surface area contributed by atoms with E-state index < -0.39 is 0 Å². The van der Waals surface area contributed by atoms with Crippen LogP contribution in [-0.4, -0.2) is 31.6 Å². The van der Waals surface area contributed by atoms with Gasteiger partial charge in [-0.15, -0.1) is 11.3 Å². The molecule has 2 rings (SSSR count). The summed E-state index contributed by atoms with van der Waals surface area (Å²) in [5.41, 5.74) is 0. The van der Waals surface area contributed by atoms with Crippen LogP contribution < -0.4 is 5.32 Å². The molecule has 1 saturated heterocycles. The van der Waals surface area contributed by atoms with E-state index in [1.807, 2.05) is 11.3 Å². The first-order valence-electron chi connectivity index (χ1n) is 6.21. The Morgan fingerprint density at radius 2 is 2.50 bits per heavy atom. The van der Waals surface area contributed by atoms with Gasteiger partial charge in [0.1, 0.15) is 0 Å². The van der Waals surface area contributed by atoms with Crippen LogP contribution in [0.4, 0.5) is 0 Å². The maximum Gasteiger partial charge on any atom is 0.0410 e. The largest absolute Gasteiger partial charge is 0.316 e. The van der Waals surface area contributed by atoms with Crippen LogP contribution in [0.2, 0.25) is 0 Å². The Hall–Kier alpha value is -0.380. The topological polar surface area (TPSA) is 15.3 Å². The van der Waals surface area contributed by atoms with E-state index in [1.165, 1.54) is 37.4 Å². The molecule has 2 atom stereocenters. The summed E-state index contributed by atoms with van der Waals surface area (Å²) in [6.07, 6.45) is 2.72. The summed E-state index contributed by atoms with van der Waals surface area (Å²) in [4.78, 5) is 3.97. The highest BCUT2D eigenvalue weighted by atomic mass is 32.1. The van der Waals surface area contributed by atoms with Gasteiger partial charge in [0.15, 0.2) is 0 Å². The first-order valence-corrected chi connectivity index (χ1v) is 7.09. The highest BCUT2D eigenvalue weighted by molar-refractivity contribution is 7.10. The molecule has 2 nitrogen and oxygen atoms in total. The third-order valence-corrected chi connectivity index (χ3v) is 4.60. The summed E-state index contributed by atoms with van der Waals surface area (Å²) < 4.78 is 0. The molecule has 0 radical (unpaired) electrons. The Balaban J connectivity index is 1.84. The van der Waals surface area contributed by atoms with Gasteiger partial charge in [0.25, 0.3) is 0 Å². The first-order chi connectivity index (χ1) is 7.77. The van der Waals surface area contributed by atoms with E-state index in [-0.39, 0.29) is 0 Å². The second-order valence-corrected chi connectivity index (χ2v) is 5.82. The smallest absolute Gasteiger partial charge is 0.0410 e. The van der Waals surface area contributed by atoms with Crippen molar-refractivity contribution in [1.82, 2.24) is 10.2 Å². The lowest BCUT2D eigenvalue weighted by Gasteiger charge is -2.30. The Kier molecular flexibility index (Phi) is 4.38. The van der Waals surface area contributed by atoms with E-state index in [2.05, 4.69) is 41.7 Å². The van der Waals surface area contributed by atoms with E-state index in [0.717, 1.165) is 5.92 Å². The van der Waals surface area contributed by atoms with Gasteiger partial charge in [-0.25, -0.2) is 0 Å². The predicted octanol–water partition coefficient (Wildman–Crippen LogP) is 2.74. The maximum absolute atomic E-state index is 3.49. The highest BCUT2D eigenvalue weighted by Gasteiger charge is 2.19. The van der Waals surface area contributed by atoms with E-state index in [9.17, 15) is 0 Å². The summed E-state index contributed by atoms with van der Waals surface area (Å²) in [5.74, 6) is 0.834. The molecular weight excluding hydrogens is 216 g/mol. The van der Waals surface area contributed by atoms with Gasteiger partial charge in [-0.3, -0.25) is 4.90 Å². The maximum atomic E-state index is 3.49. The van der Waals surface area contributed by atoms with Crippen LogP contribution in [0.25, 0.3) is 0 Å². The van der Waals surface area contributed by atoms with Gasteiger partial charge in [-0.05, 0) is 57.3 Å². The number of nitrogens with one attached hydrogen (secondary N) is 1. The van der Waals surface area contributed by atoms with Gasteiger partial charge in [-0.1, -0.05) is 6.07 Å². The molecule has 3 heteroatoms. The standard InChI is InChI=1S/C13H22N2S/c1-11(13-6-4-8-16-13)15(2)10-12-5-3-7-14-9-12/h4,6,8,11-12,14H,3,5,7,9-10H2,1-2H3. The number of thiophene rings is 1. The van der Waals surface area contributed by atoms with Crippen LogP contribution in [0.5, 0.6) is 0 Å². The van der Waals surface area contributed by atoms with Crippen LogP contribution in [-0.2, 0) is 0 Å². The van der Waals surface area contributed by atoms with Gasteiger partial charge < -0.3 is 5.32 Å². The lowest BCUT2D eigenvalue weighted by atomic mass is 9.98. The van der Waals surface area contributed by atoms with Gasteiger partial charge in [0.05, 0.1) is 0 Å². The number of hydrogen-bond acceptors (Lipinski definition) is 3. The summed E-state index contributed by atoms with van der Waals surface area (Å²) in [7, 11) is 2.25. The zero-order chi connectivity index (χ0) is 11.4. The summed E-state index contributed by atoms with van der Waals surface area (Å²) in [6.45, 7) is 5.93. The quantitative estimate of drug-likeness (QED) is 0.867.